The van der Waals surface area contributed by atoms with Gasteiger partial charge in [0, 0.05) is 6.61 Å². The monoisotopic (exact) mass is 293 g/mol. The molecule has 0 N–H and O–H groups in total. The molecule has 0 saturated heterocycles. The fourth-order valence-electron chi connectivity index (χ4n) is 1.64. The summed E-state index contributed by atoms with van der Waals surface area (Å²) >= 11 is 0. The van der Waals surface area contributed by atoms with E-state index in [1.807, 2.05) is 0 Å². The zero-order chi connectivity index (χ0) is 12.8. The van der Waals surface area contributed by atoms with E-state index >= 15 is 0 Å². The molecule has 1 rings (SSSR count). The predicted octanol–water partition coefficient (Wildman–Crippen LogP) is 4.04. The Kier molecular flexibility index (Phi) is 34.1. The Morgan fingerprint density at radius 3 is 1.72 bits per heavy atom. The summed E-state index contributed by atoms with van der Waals surface area (Å²) in [5.74, 6) is 1.62. The predicted molar refractivity (Wildman–Crippen MR) is 78.6 cm³/mol. The van der Waals surface area contributed by atoms with Crippen molar-refractivity contribution in [3.63, 3.8) is 0 Å². The summed E-state index contributed by atoms with van der Waals surface area (Å²) in [7, 11) is 8.69. The minimum atomic E-state index is 0. The van der Waals surface area contributed by atoms with Gasteiger partial charge in [0.15, 0.2) is 0 Å². The normalized spacial score (nSPS) is 20.3. The topological polar surface area (TPSA) is 51.5 Å². The Bertz CT molecular complexity index is 127. The van der Waals surface area contributed by atoms with Gasteiger partial charge in [0.05, 0.1) is 0 Å². The SMILES string of the molecule is C[N-]C.C[N-]C.C[N-]OCC1CCC[C@@H]1C.[CH3-].[Ti+4]. The fourth-order valence-corrected chi connectivity index (χ4v) is 1.64. The third-order valence-electron chi connectivity index (χ3n) is 2.46. The maximum Gasteiger partial charge on any atom is 4.00 e. The average molecular weight is 293 g/mol. The van der Waals surface area contributed by atoms with Crippen LogP contribution in [-0.4, -0.2) is 41.8 Å². The number of nitrogens with zero attached hydrogens (tertiary/aromatic N) is 3. The Morgan fingerprint density at radius 1 is 1.00 bits per heavy atom. The summed E-state index contributed by atoms with van der Waals surface area (Å²) in [6.07, 6.45) is 4.08. The zero-order valence-electron chi connectivity index (χ0n) is 13.2. The van der Waals surface area contributed by atoms with Crippen LogP contribution >= 0.6 is 0 Å². The number of hydrogen-bond acceptors (Lipinski definition) is 1. The van der Waals surface area contributed by atoms with Crippen LogP contribution in [0.25, 0.3) is 16.1 Å². The van der Waals surface area contributed by atoms with E-state index in [0.29, 0.717) is 0 Å². The molecule has 5 heteroatoms. The Hall–Kier alpha value is 0.554. The van der Waals surface area contributed by atoms with Crippen LogP contribution in [0.1, 0.15) is 26.2 Å². The van der Waals surface area contributed by atoms with Crippen LogP contribution in [0.15, 0.2) is 0 Å². The van der Waals surface area contributed by atoms with Crippen LogP contribution < -0.4 is 0 Å². The maximum absolute atomic E-state index is 5.01. The molecule has 1 fully saturated rings. The van der Waals surface area contributed by atoms with Gasteiger partial charge in [0.1, 0.15) is 0 Å². The van der Waals surface area contributed by atoms with E-state index < -0.39 is 0 Å². The molecule has 0 aromatic heterocycles. The molecule has 1 unspecified atom stereocenters. The summed E-state index contributed by atoms with van der Waals surface area (Å²) in [6.45, 7) is 3.13. The van der Waals surface area contributed by atoms with Gasteiger partial charge in [-0.25, -0.2) is 0 Å². The first-order valence-corrected chi connectivity index (χ1v) is 5.84. The molecule has 4 nitrogen and oxygen atoms in total. The van der Waals surface area contributed by atoms with Crippen molar-refractivity contribution >= 4 is 0 Å². The van der Waals surface area contributed by atoms with Gasteiger partial charge in [-0.1, -0.05) is 19.8 Å². The third kappa shape index (κ3) is 18.9. The Labute approximate surface area is 130 Å². The molecule has 0 aliphatic heterocycles. The van der Waals surface area contributed by atoms with E-state index in [1.165, 1.54) is 19.3 Å². The van der Waals surface area contributed by atoms with Crippen LogP contribution in [0.4, 0.5) is 0 Å². The third-order valence-corrected chi connectivity index (χ3v) is 2.46. The summed E-state index contributed by atoms with van der Waals surface area (Å²) < 4.78 is 0. The minimum absolute atomic E-state index is 0. The van der Waals surface area contributed by atoms with Crippen molar-refractivity contribution in [2.24, 2.45) is 11.8 Å². The molecule has 0 heterocycles. The minimum Gasteiger partial charge on any atom is -0.668 e. The van der Waals surface area contributed by atoms with Crippen molar-refractivity contribution in [1.82, 2.24) is 0 Å². The number of hydroxylamine groups is 1. The standard InChI is InChI=1S/C8H16NO.2C2H6N.CH3.Ti/c1-7-4-3-5-8(7)6-10-9-2;2*1-3-2;;/h7-8H,3-6H2,1-2H3;2*1-2H3;1H3;/q4*-1;+4/t7-,8?;;;;/m0..../s1. The molecule has 0 bridgehead atoms. The van der Waals surface area contributed by atoms with Gasteiger partial charge >= 0.3 is 21.7 Å². The molecule has 1 saturated carbocycles. The first kappa shape index (κ1) is 27.0. The van der Waals surface area contributed by atoms with Gasteiger partial charge in [0.2, 0.25) is 0 Å². The van der Waals surface area contributed by atoms with Gasteiger partial charge in [-0.3, -0.25) is 0 Å². The molecule has 1 aliphatic carbocycles. The fraction of sp³-hybridized carbons (Fsp3) is 0.923. The van der Waals surface area contributed by atoms with E-state index in [-0.39, 0.29) is 29.1 Å². The molecule has 0 spiro atoms. The van der Waals surface area contributed by atoms with E-state index in [4.69, 9.17) is 4.84 Å². The van der Waals surface area contributed by atoms with E-state index in [1.54, 1.807) is 35.2 Å². The van der Waals surface area contributed by atoms with Crippen LogP contribution in [0.3, 0.4) is 0 Å². The molecule has 0 aromatic rings. The zero-order valence-corrected chi connectivity index (χ0v) is 14.8. The van der Waals surface area contributed by atoms with Gasteiger partial charge in [-0.05, 0) is 18.3 Å². The van der Waals surface area contributed by atoms with Crippen molar-refractivity contribution in [1.29, 1.82) is 0 Å². The van der Waals surface area contributed by atoms with Crippen LogP contribution in [0.2, 0.25) is 0 Å². The maximum atomic E-state index is 5.01. The summed E-state index contributed by atoms with van der Waals surface area (Å²) in [5, 5.41) is 7.00. The van der Waals surface area contributed by atoms with Gasteiger partial charge in [0.25, 0.3) is 0 Å². The summed E-state index contributed by atoms with van der Waals surface area (Å²) in [5.41, 5.74) is 3.63. The number of rotatable bonds is 3. The van der Waals surface area contributed by atoms with Gasteiger partial charge < -0.3 is 28.4 Å². The first-order valence-electron chi connectivity index (χ1n) is 5.84. The second-order valence-electron chi connectivity index (χ2n) is 4.04. The largest absolute Gasteiger partial charge is 4.00 e. The molecule has 0 radical (unpaired) electrons. The van der Waals surface area contributed by atoms with Crippen LogP contribution in [0, 0.1) is 19.3 Å². The number of hydrogen-bond donors (Lipinski definition) is 0. The first-order chi connectivity index (χ1) is 7.67. The molecule has 1 aliphatic rings. The Balaban J connectivity index is -0.000000106. The molecule has 0 amide bonds. The van der Waals surface area contributed by atoms with E-state index in [9.17, 15) is 0 Å². The molecule has 0 aromatic carbocycles. The van der Waals surface area contributed by atoms with Gasteiger partial charge in [-0.15, -0.1) is 7.05 Å². The molecular weight excluding hydrogens is 262 g/mol. The van der Waals surface area contributed by atoms with Crippen molar-refractivity contribution in [2.45, 2.75) is 26.2 Å². The quantitative estimate of drug-likeness (QED) is 0.440. The van der Waals surface area contributed by atoms with Crippen molar-refractivity contribution in [3.8, 4) is 0 Å². The summed E-state index contributed by atoms with van der Waals surface area (Å²) in [4.78, 5) is 5.01. The molecule has 108 valence electrons. The van der Waals surface area contributed by atoms with E-state index in [2.05, 4.69) is 23.0 Å². The van der Waals surface area contributed by atoms with Gasteiger partial charge in [-0.2, -0.15) is 28.2 Å². The van der Waals surface area contributed by atoms with Crippen LogP contribution in [0.5, 0.6) is 0 Å². The molecule has 18 heavy (non-hydrogen) atoms. The van der Waals surface area contributed by atoms with E-state index in [0.717, 1.165) is 18.4 Å². The van der Waals surface area contributed by atoms with Crippen molar-refractivity contribution < 1.29 is 26.6 Å². The molecule has 2 atom stereocenters. The smallest absolute Gasteiger partial charge is 0.668 e. The van der Waals surface area contributed by atoms with Crippen molar-refractivity contribution in [2.75, 3.05) is 41.8 Å². The Morgan fingerprint density at radius 2 is 1.44 bits per heavy atom. The summed E-state index contributed by atoms with van der Waals surface area (Å²) in [6, 6.07) is 0. The second-order valence-corrected chi connectivity index (χ2v) is 4.04. The average Bonchev–Trinajstić information content (AvgIpc) is 2.63. The molecular formula is C13H31N3OTi. The second kappa shape index (κ2) is 22.7. The van der Waals surface area contributed by atoms with Crippen molar-refractivity contribution in [3.05, 3.63) is 23.5 Å². The van der Waals surface area contributed by atoms with Crippen LogP contribution in [-0.2, 0) is 26.6 Å².